The summed E-state index contributed by atoms with van der Waals surface area (Å²) in [5.74, 6) is -5.28. The Hall–Kier alpha value is -5.49. The first kappa shape index (κ1) is 50.5. The van der Waals surface area contributed by atoms with Gasteiger partial charge in [-0.2, -0.15) is 0 Å². The molecule has 5 unspecified atom stereocenters. The number of guanidine groups is 3. The van der Waals surface area contributed by atoms with Crippen molar-refractivity contribution in [3.8, 4) is 0 Å². The van der Waals surface area contributed by atoms with Crippen molar-refractivity contribution in [1.82, 2.24) is 26.6 Å². The Morgan fingerprint density at radius 3 is 1.30 bits per heavy atom. The van der Waals surface area contributed by atoms with Crippen LogP contribution in [0.15, 0.2) is 15.0 Å². The van der Waals surface area contributed by atoms with Gasteiger partial charge in [0.1, 0.15) is 24.2 Å². The molecule has 56 heavy (non-hydrogen) atoms. The van der Waals surface area contributed by atoms with Crippen LogP contribution in [-0.2, 0) is 28.8 Å². The van der Waals surface area contributed by atoms with Gasteiger partial charge in [0.2, 0.25) is 29.5 Å². The van der Waals surface area contributed by atoms with E-state index in [0.29, 0.717) is 45.2 Å². The van der Waals surface area contributed by atoms with Crippen LogP contribution in [0.3, 0.4) is 0 Å². The number of nitrogens with one attached hydrogen (secondary N) is 5. The molecule has 0 saturated carbocycles. The highest BCUT2D eigenvalue weighted by atomic mass is 16.4. The second kappa shape index (κ2) is 29.8. The van der Waals surface area contributed by atoms with Crippen molar-refractivity contribution in [3.63, 3.8) is 0 Å². The zero-order valence-electron chi connectivity index (χ0n) is 32.0. The number of hydrogen-bond acceptors (Lipinski definition) is 12. The van der Waals surface area contributed by atoms with E-state index in [4.69, 9.17) is 51.6 Å². The Kier molecular flexibility index (Phi) is 26.9. The molecular weight excluding hydrogens is 734 g/mol. The van der Waals surface area contributed by atoms with E-state index < -0.39 is 72.3 Å². The van der Waals surface area contributed by atoms with E-state index in [1.807, 2.05) is 0 Å². The van der Waals surface area contributed by atoms with Gasteiger partial charge >= 0.3 is 5.97 Å². The van der Waals surface area contributed by atoms with Crippen LogP contribution < -0.4 is 78.2 Å². The molecule has 0 aromatic heterocycles. The SMILES string of the molecule is NCCCCC(NC(=O)C(N)CCCN=C(N)N)C(=O)NC(CCCCN)C(=O)NCC(=O)NC(CCCN=C(N)N)C(=O)NC(CCCN=C(N)N)C(=O)O. The van der Waals surface area contributed by atoms with Crippen molar-refractivity contribution in [2.45, 2.75) is 107 Å². The lowest BCUT2D eigenvalue weighted by molar-refractivity contribution is -0.142. The highest BCUT2D eigenvalue weighted by molar-refractivity contribution is 5.95. The second-order valence-corrected chi connectivity index (χ2v) is 12.9. The van der Waals surface area contributed by atoms with E-state index in [2.05, 4.69) is 41.6 Å². The molecule has 320 valence electrons. The van der Waals surface area contributed by atoms with Gasteiger partial charge in [-0.1, -0.05) is 0 Å². The first-order valence-electron chi connectivity index (χ1n) is 18.5. The zero-order chi connectivity index (χ0) is 42.5. The summed E-state index contributed by atoms with van der Waals surface area (Å²) < 4.78 is 0. The maximum atomic E-state index is 13.5. The fraction of sp³-hybridized carbons (Fsp3) is 0.719. The molecule has 0 aliphatic carbocycles. The van der Waals surface area contributed by atoms with E-state index >= 15 is 0 Å². The first-order chi connectivity index (χ1) is 26.5. The van der Waals surface area contributed by atoms with Crippen LogP contribution in [-0.4, -0.2) is 128 Å². The van der Waals surface area contributed by atoms with Gasteiger partial charge in [0, 0.05) is 19.6 Å². The Balaban J connectivity index is 5.78. The van der Waals surface area contributed by atoms with Gasteiger partial charge in [0.15, 0.2) is 17.9 Å². The second-order valence-electron chi connectivity index (χ2n) is 12.9. The van der Waals surface area contributed by atoms with E-state index in [1.54, 1.807) is 0 Å². The normalized spacial score (nSPS) is 13.3. The molecule has 0 rings (SSSR count). The maximum absolute atomic E-state index is 13.5. The summed E-state index contributed by atoms with van der Waals surface area (Å²) in [5, 5.41) is 22.4. The largest absolute Gasteiger partial charge is 0.480 e. The number of rotatable bonds is 31. The van der Waals surface area contributed by atoms with Crippen molar-refractivity contribution >= 4 is 53.4 Å². The summed E-state index contributed by atoms with van der Waals surface area (Å²) >= 11 is 0. The minimum absolute atomic E-state index is 0.00903. The molecule has 0 aliphatic heterocycles. The van der Waals surface area contributed by atoms with Crippen LogP contribution >= 0.6 is 0 Å². The average molecular weight is 800 g/mol. The fourth-order valence-corrected chi connectivity index (χ4v) is 5.07. The molecule has 5 atom stereocenters. The number of nitrogens with two attached hydrogens (primary N) is 9. The fourth-order valence-electron chi connectivity index (χ4n) is 5.07. The molecule has 0 aliphatic rings. The van der Waals surface area contributed by atoms with E-state index in [0.717, 1.165) is 0 Å². The topological polar surface area (TPSA) is 454 Å². The molecule has 24 heteroatoms. The van der Waals surface area contributed by atoms with Gasteiger partial charge in [0.05, 0.1) is 12.6 Å². The Bertz CT molecular complexity index is 1320. The number of carboxylic acid groups (broad SMARTS) is 1. The number of aliphatic carboxylic acids is 1. The lowest BCUT2D eigenvalue weighted by atomic mass is 10.0. The Morgan fingerprint density at radius 2 is 0.857 bits per heavy atom. The first-order valence-corrected chi connectivity index (χ1v) is 18.5. The number of amides is 5. The van der Waals surface area contributed by atoms with Crippen LogP contribution in [0.5, 0.6) is 0 Å². The summed E-state index contributed by atoms with van der Waals surface area (Å²) in [6.45, 7) is 0.597. The summed E-state index contributed by atoms with van der Waals surface area (Å²) in [7, 11) is 0. The highest BCUT2D eigenvalue weighted by Gasteiger charge is 2.29. The summed E-state index contributed by atoms with van der Waals surface area (Å²) in [6.07, 6.45) is 3.53. The predicted octanol–water partition coefficient (Wildman–Crippen LogP) is -6.13. The molecule has 0 fully saturated rings. The minimum atomic E-state index is -1.32. The number of carbonyl (C=O) groups is 6. The predicted molar refractivity (Wildman–Crippen MR) is 212 cm³/mol. The van der Waals surface area contributed by atoms with Gasteiger partial charge in [0.25, 0.3) is 0 Å². The van der Waals surface area contributed by atoms with Crippen molar-refractivity contribution < 1.29 is 33.9 Å². The van der Waals surface area contributed by atoms with Crippen LogP contribution in [0.2, 0.25) is 0 Å². The van der Waals surface area contributed by atoms with Crippen LogP contribution in [0.25, 0.3) is 0 Å². The quantitative estimate of drug-likeness (QED) is 0.0176. The van der Waals surface area contributed by atoms with Crippen molar-refractivity contribution in [2.75, 3.05) is 39.3 Å². The van der Waals surface area contributed by atoms with Crippen molar-refractivity contribution in [3.05, 3.63) is 0 Å². The molecule has 0 aromatic rings. The van der Waals surface area contributed by atoms with Gasteiger partial charge in [-0.15, -0.1) is 0 Å². The van der Waals surface area contributed by atoms with E-state index in [9.17, 15) is 33.9 Å². The van der Waals surface area contributed by atoms with Crippen LogP contribution in [0, 0.1) is 0 Å². The Morgan fingerprint density at radius 1 is 0.482 bits per heavy atom. The highest BCUT2D eigenvalue weighted by Crippen LogP contribution is 2.07. The van der Waals surface area contributed by atoms with Crippen LogP contribution in [0.1, 0.15) is 77.0 Å². The van der Waals surface area contributed by atoms with E-state index in [1.165, 1.54) is 0 Å². The number of carbonyl (C=O) groups excluding carboxylic acids is 5. The monoisotopic (exact) mass is 800 g/mol. The smallest absolute Gasteiger partial charge is 0.326 e. The molecule has 0 saturated heterocycles. The summed E-state index contributed by atoms with van der Waals surface area (Å²) in [5.41, 5.74) is 49.3. The third kappa shape index (κ3) is 24.8. The minimum Gasteiger partial charge on any atom is -0.480 e. The maximum Gasteiger partial charge on any atom is 0.326 e. The number of nitrogens with zero attached hydrogens (tertiary/aromatic N) is 3. The molecule has 0 spiro atoms. The molecule has 24 N–H and O–H groups in total. The lowest BCUT2D eigenvalue weighted by Gasteiger charge is -2.24. The third-order valence-corrected chi connectivity index (χ3v) is 8.04. The molecule has 24 nitrogen and oxygen atoms in total. The molecule has 0 bridgehead atoms. The van der Waals surface area contributed by atoms with Crippen molar-refractivity contribution in [2.24, 2.45) is 66.6 Å². The number of unbranched alkanes of at least 4 members (excludes halogenated alkanes) is 2. The lowest BCUT2D eigenvalue weighted by Crippen LogP contribution is -2.57. The van der Waals surface area contributed by atoms with Gasteiger partial charge in [-0.25, -0.2) is 4.79 Å². The molecule has 0 heterocycles. The average Bonchev–Trinajstić information content (AvgIpc) is 3.13. The molecular formula is C32H65N17O7. The van der Waals surface area contributed by atoms with Crippen molar-refractivity contribution in [1.29, 1.82) is 0 Å². The molecule has 0 radical (unpaired) electrons. The van der Waals surface area contributed by atoms with Gasteiger partial charge in [-0.05, 0) is 90.1 Å². The number of carboxylic acids is 1. The standard InChI is InChI=1S/C32H65N17O7/c33-13-3-1-9-20(48-28(54)22(10-2-4-14-34)47-25(51)19(35)8-5-15-42-30(36)37)26(52)45-18-24(50)46-21(11-6-16-43-31(38)39)27(53)49-23(29(55)56)12-7-17-44-32(40)41/h19-23H,1-18,33-35H2,(H,45,52)(H,46,50)(H,47,51)(H,48,54)(H,49,53)(H,55,56)(H4,36,37,42)(H4,38,39,43)(H4,40,41,44). The molecule has 0 aromatic carbocycles. The summed E-state index contributed by atoms with van der Waals surface area (Å²) in [4.78, 5) is 89.4. The zero-order valence-corrected chi connectivity index (χ0v) is 32.0. The summed E-state index contributed by atoms with van der Waals surface area (Å²) in [6, 6.07) is -5.69. The number of hydrogen-bond donors (Lipinski definition) is 15. The third-order valence-electron chi connectivity index (χ3n) is 8.04. The van der Waals surface area contributed by atoms with Crippen LogP contribution in [0.4, 0.5) is 0 Å². The van der Waals surface area contributed by atoms with E-state index in [-0.39, 0.29) is 82.5 Å². The van der Waals surface area contributed by atoms with Gasteiger partial charge < -0.3 is 83.3 Å². The Labute approximate surface area is 326 Å². The molecule has 5 amide bonds. The number of aliphatic imine (C=N–C) groups is 3. The van der Waals surface area contributed by atoms with Gasteiger partial charge in [-0.3, -0.25) is 38.9 Å².